The number of sulfonamides is 1. The molecule has 0 aliphatic rings. The molecule has 0 aliphatic heterocycles. The Labute approximate surface area is 298 Å². The number of fused-ring (bicyclic) bond motifs is 6. The van der Waals surface area contributed by atoms with Crippen LogP contribution in [0.4, 0.5) is 11.6 Å². The topological polar surface area (TPSA) is 242 Å². The first kappa shape index (κ1) is 34.5. The minimum absolute atomic E-state index is 0.152. The van der Waals surface area contributed by atoms with Crippen LogP contribution < -0.4 is 16.8 Å². The number of pyridine rings is 2. The highest BCUT2D eigenvalue weighted by molar-refractivity contribution is 7.89. The number of nitrogens with zero attached hydrogens (tertiary/aromatic N) is 7. The molecule has 0 bridgehead atoms. The fourth-order valence-corrected chi connectivity index (χ4v) is 7.30. The SMILES string of the molecule is CCN(Cc1nc2c([nH]1)c(N)nc1cc(-c3ccn[nH]3)ccc12)S(=O)(=O)C(C)C.CCNCc1nc2c([nH]1)c(N)nc1cc(-c3ccn[nH]3)ccc12. The smallest absolute Gasteiger partial charge is 0.216 e. The molecule has 0 radical (unpaired) electrons. The molecule has 0 fully saturated rings. The lowest BCUT2D eigenvalue weighted by atomic mass is 10.1. The number of hydrogen-bond acceptors (Lipinski definition) is 11. The molecule has 2 aromatic carbocycles. The summed E-state index contributed by atoms with van der Waals surface area (Å²) in [4.78, 5) is 24.8. The van der Waals surface area contributed by atoms with Gasteiger partial charge in [0, 0.05) is 40.8 Å². The molecule has 6 heterocycles. The van der Waals surface area contributed by atoms with E-state index in [1.54, 1.807) is 26.2 Å². The van der Waals surface area contributed by atoms with Gasteiger partial charge in [0.25, 0.3) is 0 Å². The number of nitrogens with one attached hydrogen (secondary N) is 5. The van der Waals surface area contributed by atoms with E-state index in [0.29, 0.717) is 47.1 Å². The van der Waals surface area contributed by atoms with Crippen LogP contribution in [0.25, 0.3) is 66.4 Å². The predicted molar refractivity (Wildman–Crippen MR) is 204 cm³/mol. The zero-order chi connectivity index (χ0) is 36.6. The highest BCUT2D eigenvalue weighted by atomic mass is 32.2. The first-order chi connectivity index (χ1) is 25.1. The minimum atomic E-state index is -3.39. The molecule has 0 saturated heterocycles. The van der Waals surface area contributed by atoms with Crippen molar-refractivity contribution in [1.29, 1.82) is 0 Å². The molecular weight excluding hydrogens is 681 g/mol. The van der Waals surface area contributed by atoms with Gasteiger partial charge >= 0.3 is 0 Å². The quantitative estimate of drug-likeness (QED) is 0.101. The summed E-state index contributed by atoms with van der Waals surface area (Å²) in [5.41, 5.74) is 20.5. The van der Waals surface area contributed by atoms with Crippen molar-refractivity contribution >= 4 is 65.5 Å². The number of benzene rings is 2. The Balaban J connectivity index is 0.000000166. The number of rotatable bonds is 10. The summed E-state index contributed by atoms with van der Waals surface area (Å²) in [7, 11) is -3.39. The number of hydrogen-bond donors (Lipinski definition) is 7. The zero-order valence-corrected chi connectivity index (χ0v) is 30.0. The van der Waals surface area contributed by atoms with Crippen molar-refractivity contribution in [3.8, 4) is 22.5 Å². The molecule has 8 rings (SSSR count). The molecule has 52 heavy (non-hydrogen) atoms. The van der Waals surface area contributed by atoms with Crippen molar-refractivity contribution in [3.63, 3.8) is 0 Å². The maximum atomic E-state index is 12.5. The van der Waals surface area contributed by atoms with Gasteiger partial charge in [0.2, 0.25) is 10.0 Å². The van der Waals surface area contributed by atoms with Crippen molar-refractivity contribution in [2.75, 3.05) is 24.6 Å². The van der Waals surface area contributed by atoms with E-state index in [1.165, 1.54) is 4.31 Å². The second-order valence-corrected chi connectivity index (χ2v) is 15.0. The Kier molecular flexibility index (Phi) is 9.31. The Hall–Kier alpha value is -5.91. The molecule has 17 heteroatoms. The van der Waals surface area contributed by atoms with Gasteiger partial charge in [-0.2, -0.15) is 14.5 Å². The third-order valence-corrected chi connectivity index (χ3v) is 11.1. The van der Waals surface area contributed by atoms with Gasteiger partial charge < -0.3 is 26.8 Å². The summed E-state index contributed by atoms with van der Waals surface area (Å²) in [5, 5.41) is 18.4. The number of imidazole rings is 2. The first-order valence-corrected chi connectivity index (χ1v) is 18.4. The minimum Gasteiger partial charge on any atom is -0.382 e. The second kappa shape index (κ2) is 14.0. The van der Waals surface area contributed by atoms with E-state index in [-0.39, 0.29) is 6.54 Å². The van der Waals surface area contributed by atoms with Crippen LogP contribution in [0.2, 0.25) is 0 Å². The van der Waals surface area contributed by atoms with E-state index in [1.807, 2.05) is 55.5 Å². The number of nitrogen functional groups attached to an aromatic ring is 2. The molecule has 0 aliphatic carbocycles. The molecule has 0 saturated carbocycles. The number of anilines is 2. The summed E-state index contributed by atoms with van der Waals surface area (Å²) >= 11 is 0. The number of aromatic nitrogens is 10. The standard InChI is InChI=1S/C19H23N7O2S.C16H17N7/c1-4-26(29(27,28)11(2)3)10-16-23-17-13-6-5-12(14-7-8-21-25-14)9-15(13)22-19(20)18(17)24-16;1-2-18-8-13-21-14-10-4-3-9(11-5-6-19-23-11)7-12(10)20-16(17)15(14)22-13/h5-9,11H,4,10H2,1-3H3,(H2,20,22)(H,21,25)(H,23,24);3-7,18H,2,8H2,1H3,(H2,17,20)(H,19,23)(H,21,22). The average molecular weight is 721 g/mol. The Morgan fingerprint density at radius 2 is 1.27 bits per heavy atom. The fourth-order valence-electron chi connectivity index (χ4n) is 6.04. The van der Waals surface area contributed by atoms with E-state index < -0.39 is 15.3 Å². The molecular formula is C35H40N14O2S. The predicted octanol–water partition coefficient (Wildman–Crippen LogP) is 4.84. The third kappa shape index (κ3) is 6.52. The van der Waals surface area contributed by atoms with E-state index in [0.717, 1.165) is 62.2 Å². The maximum absolute atomic E-state index is 12.5. The van der Waals surface area contributed by atoms with Gasteiger partial charge in [0.05, 0.1) is 40.8 Å². The lowest BCUT2D eigenvalue weighted by molar-refractivity contribution is 0.410. The Morgan fingerprint density at radius 1 is 0.750 bits per heavy atom. The van der Waals surface area contributed by atoms with Crippen molar-refractivity contribution in [2.24, 2.45) is 0 Å². The highest BCUT2D eigenvalue weighted by Gasteiger charge is 2.26. The summed E-state index contributed by atoms with van der Waals surface area (Å²) in [5.74, 6) is 2.18. The second-order valence-electron chi connectivity index (χ2n) is 12.5. The fraction of sp³-hybridized carbons (Fsp3) is 0.257. The molecule has 9 N–H and O–H groups in total. The van der Waals surface area contributed by atoms with Gasteiger partial charge in [0.1, 0.15) is 45.4 Å². The van der Waals surface area contributed by atoms with Gasteiger partial charge in [-0.15, -0.1) is 0 Å². The van der Waals surface area contributed by atoms with Crippen LogP contribution >= 0.6 is 0 Å². The molecule has 0 atom stereocenters. The van der Waals surface area contributed by atoms with Crippen LogP contribution in [0.3, 0.4) is 0 Å². The van der Waals surface area contributed by atoms with Gasteiger partial charge in [0.15, 0.2) is 0 Å². The summed E-state index contributed by atoms with van der Waals surface area (Å²) in [6.07, 6.45) is 3.42. The van der Waals surface area contributed by atoms with Crippen LogP contribution in [0.15, 0.2) is 60.9 Å². The van der Waals surface area contributed by atoms with Crippen molar-refractivity contribution in [3.05, 3.63) is 72.6 Å². The summed E-state index contributed by atoms with van der Waals surface area (Å²) < 4.78 is 26.5. The van der Waals surface area contributed by atoms with Gasteiger partial charge in [-0.3, -0.25) is 10.2 Å². The number of nitrogens with two attached hydrogens (primary N) is 2. The molecule has 6 aromatic heterocycles. The molecule has 0 unspecified atom stereocenters. The number of H-pyrrole nitrogens is 4. The van der Waals surface area contributed by atoms with Gasteiger partial charge in [-0.25, -0.2) is 28.4 Å². The monoisotopic (exact) mass is 720 g/mol. The van der Waals surface area contributed by atoms with Crippen LogP contribution in [0.5, 0.6) is 0 Å². The van der Waals surface area contributed by atoms with E-state index >= 15 is 0 Å². The number of aromatic amines is 4. The largest absolute Gasteiger partial charge is 0.382 e. The van der Waals surface area contributed by atoms with E-state index in [9.17, 15) is 8.42 Å². The lowest BCUT2D eigenvalue weighted by Gasteiger charge is -2.21. The average Bonchev–Trinajstić information content (AvgIpc) is 3.97. The zero-order valence-electron chi connectivity index (χ0n) is 29.2. The Morgan fingerprint density at radius 3 is 1.73 bits per heavy atom. The molecule has 268 valence electrons. The highest BCUT2D eigenvalue weighted by Crippen LogP contribution is 2.31. The van der Waals surface area contributed by atoms with Crippen LogP contribution in [-0.4, -0.2) is 81.4 Å². The lowest BCUT2D eigenvalue weighted by Crippen LogP contribution is -2.36. The molecule has 0 spiro atoms. The van der Waals surface area contributed by atoms with Gasteiger partial charge in [-0.1, -0.05) is 26.0 Å². The summed E-state index contributed by atoms with van der Waals surface area (Å²) in [6, 6.07) is 15.7. The van der Waals surface area contributed by atoms with Crippen LogP contribution in [0.1, 0.15) is 39.3 Å². The summed E-state index contributed by atoms with van der Waals surface area (Å²) in [6.45, 7) is 9.29. The molecule has 8 aromatic rings. The van der Waals surface area contributed by atoms with Crippen molar-refractivity contribution in [2.45, 2.75) is 46.0 Å². The normalized spacial score (nSPS) is 12.1. The van der Waals surface area contributed by atoms with Crippen molar-refractivity contribution in [1.82, 2.24) is 59.9 Å². The Bertz CT molecular complexity index is 2610. The third-order valence-electron chi connectivity index (χ3n) is 8.81. The first-order valence-electron chi connectivity index (χ1n) is 16.9. The van der Waals surface area contributed by atoms with E-state index in [2.05, 4.69) is 62.5 Å². The van der Waals surface area contributed by atoms with Crippen LogP contribution in [0, 0.1) is 0 Å². The molecule has 16 nitrogen and oxygen atoms in total. The maximum Gasteiger partial charge on any atom is 0.216 e. The van der Waals surface area contributed by atoms with Crippen molar-refractivity contribution < 1.29 is 8.42 Å². The van der Waals surface area contributed by atoms with Gasteiger partial charge in [-0.05, 0) is 56.8 Å². The van der Waals surface area contributed by atoms with Crippen LogP contribution in [-0.2, 0) is 23.1 Å². The molecule has 0 amide bonds. The van der Waals surface area contributed by atoms with E-state index in [4.69, 9.17) is 11.5 Å².